The number of benzene rings is 1. The summed E-state index contributed by atoms with van der Waals surface area (Å²) in [5.74, 6) is -0.290. The van der Waals surface area contributed by atoms with Crippen LogP contribution < -0.4 is 0 Å². The molecule has 1 aliphatic heterocycles. The van der Waals surface area contributed by atoms with Gasteiger partial charge in [-0.05, 0) is 34.0 Å². The zero-order chi connectivity index (χ0) is 12.7. The summed E-state index contributed by atoms with van der Waals surface area (Å²) in [4.78, 5) is 11.7. The number of methoxy groups -OCH3 is 1. The Morgan fingerprint density at radius 3 is 2.94 bits per heavy atom. The molecule has 0 aliphatic carbocycles. The van der Waals surface area contributed by atoms with Gasteiger partial charge >= 0.3 is 5.97 Å². The maximum atomic E-state index is 11.7. The van der Waals surface area contributed by atoms with Gasteiger partial charge in [-0.15, -0.1) is 0 Å². The lowest BCUT2D eigenvalue weighted by atomic mass is 9.99. The molecule has 0 saturated heterocycles. The fourth-order valence-corrected chi connectivity index (χ4v) is 3.14. The zero-order valence-corrected chi connectivity index (χ0v) is 11.5. The van der Waals surface area contributed by atoms with Gasteiger partial charge in [0.2, 0.25) is 0 Å². The summed E-state index contributed by atoms with van der Waals surface area (Å²) in [5, 5.41) is 0. The molecule has 2 heterocycles. The quantitative estimate of drug-likeness (QED) is 0.757. The summed E-state index contributed by atoms with van der Waals surface area (Å²) >= 11 is 3.54. The van der Waals surface area contributed by atoms with E-state index >= 15 is 0 Å². The van der Waals surface area contributed by atoms with Gasteiger partial charge in [-0.25, -0.2) is 4.79 Å². The van der Waals surface area contributed by atoms with Gasteiger partial charge in [0.05, 0.1) is 12.8 Å². The topological polar surface area (TPSA) is 31.2 Å². The van der Waals surface area contributed by atoms with Crippen molar-refractivity contribution in [1.29, 1.82) is 0 Å². The third kappa shape index (κ3) is 1.60. The summed E-state index contributed by atoms with van der Waals surface area (Å²) < 4.78 is 7.79. The molecule has 0 fully saturated rings. The van der Waals surface area contributed by atoms with E-state index in [-0.39, 0.29) is 5.97 Å². The Balaban J connectivity index is 2.23. The molecule has 4 heteroatoms. The highest BCUT2D eigenvalue weighted by molar-refractivity contribution is 9.10. The molecular weight excluding hydrogens is 294 g/mol. The highest BCUT2D eigenvalue weighted by Crippen LogP contribution is 2.37. The molecule has 0 radical (unpaired) electrons. The number of carbonyl (C=O) groups is 1. The molecule has 1 aromatic heterocycles. The number of fused-ring (bicyclic) bond motifs is 3. The van der Waals surface area contributed by atoms with Crippen molar-refractivity contribution < 1.29 is 9.53 Å². The van der Waals surface area contributed by atoms with Crippen LogP contribution >= 0.6 is 15.9 Å². The van der Waals surface area contributed by atoms with E-state index in [0.717, 1.165) is 23.1 Å². The van der Waals surface area contributed by atoms with Crippen molar-refractivity contribution in [1.82, 2.24) is 4.57 Å². The lowest BCUT2D eigenvalue weighted by molar-refractivity contribution is 0.0588. The Kier molecular flexibility index (Phi) is 2.74. The van der Waals surface area contributed by atoms with Gasteiger partial charge < -0.3 is 9.30 Å². The molecule has 0 amide bonds. The van der Waals surface area contributed by atoms with E-state index in [2.05, 4.69) is 28.1 Å². The zero-order valence-electron chi connectivity index (χ0n) is 9.94. The largest absolute Gasteiger partial charge is 0.464 e. The number of nitrogens with zero attached hydrogens (tertiary/aromatic N) is 1. The molecule has 0 saturated carbocycles. The highest BCUT2D eigenvalue weighted by atomic mass is 79.9. The highest BCUT2D eigenvalue weighted by Gasteiger charge is 2.24. The second-order valence-corrected chi connectivity index (χ2v) is 5.13. The first kappa shape index (κ1) is 11.5. The van der Waals surface area contributed by atoms with Crippen LogP contribution in [0.25, 0.3) is 11.3 Å². The summed E-state index contributed by atoms with van der Waals surface area (Å²) in [5.41, 5.74) is 4.18. The number of aromatic nitrogens is 1. The van der Waals surface area contributed by atoms with E-state index in [1.54, 1.807) is 0 Å². The minimum Gasteiger partial charge on any atom is -0.464 e. The normalized spacial score (nSPS) is 12.8. The van der Waals surface area contributed by atoms with E-state index in [1.807, 2.05) is 22.8 Å². The van der Waals surface area contributed by atoms with Crippen molar-refractivity contribution in [3.63, 3.8) is 0 Å². The Hall–Kier alpha value is -1.55. The van der Waals surface area contributed by atoms with Gasteiger partial charge in [-0.2, -0.15) is 0 Å². The summed E-state index contributed by atoms with van der Waals surface area (Å²) in [6.45, 7) is 0.808. The van der Waals surface area contributed by atoms with Gasteiger partial charge in [0, 0.05) is 16.6 Å². The van der Waals surface area contributed by atoms with E-state index in [0.29, 0.717) is 5.69 Å². The molecule has 0 atom stereocenters. The molecule has 18 heavy (non-hydrogen) atoms. The summed E-state index contributed by atoms with van der Waals surface area (Å²) in [6, 6.07) is 10.1. The van der Waals surface area contributed by atoms with Gasteiger partial charge in [-0.3, -0.25) is 0 Å². The van der Waals surface area contributed by atoms with E-state index in [1.165, 1.54) is 18.2 Å². The molecular formula is C14H12BrNO2. The molecule has 0 spiro atoms. The average Bonchev–Trinajstić information content (AvgIpc) is 2.76. The predicted octanol–water partition coefficient (Wildman–Crippen LogP) is 3.26. The van der Waals surface area contributed by atoms with Crippen LogP contribution in [0, 0.1) is 0 Å². The first-order valence-electron chi connectivity index (χ1n) is 5.78. The van der Waals surface area contributed by atoms with Crippen molar-refractivity contribution in [3.05, 3.63) is 46.1 Å². The molecule has 92 valence electrons. The van der Waals surface area contributed by atoms with Crippen LogP contribution in [0.5, 0.6) is 0 Å². The molecule has 0 bridgehead atoms. The van der Waals surface area contributed by atoms with Crippen molar-refractivity contribution in [2.24, 2.45) is 0 Å². The minimum atomic E-state index is -0.290. The SMILES string of the molecule is COC(=O)c1cc(Br)c2n1CCc1ccccc1-2. The standard InChI is InChI=1S/C14H12BrNO2/c1-18-14(17)12-8-11(15)13-10-5-3-2-4-9(10)6-7-16(12)13/h2-5,8H,6-7H2,1H3. The lowest BCUT2D eigenvalue weighted by Gasteiger charge is -2.21. The third-order valence-corrected chi connectivity index (χ3v) is 3.93. The van der Waals surface area contributed by atoms with Crippen molar-refractivity contribution in [3.8, 4) is 11.3 Å². The second kappa shape index (κ2) is 4.28. The maximum absolute atomic E-state index is 11.7. The van der Waals surface area contributed by atoms with Gasteiger partial charge in [0.15, 0.2) is 0 Å². The Labute approximate surface area is 114 Å². The van der Waals surface area contributed by atoms with E-state index in [9.17, 15) is 4.79 Å². The molecule has 1 aromatic carbocycles. The fraction of sp³-hybridized carbons (Fsp3) is 0.214. The van der Waals surface area contributed by atoms with Crippen LogP contribution in [-0.4, -0.2) is 17.6 Å². The Morgan fingerprint density at radius 1 is 1.39 bits per heavy atom. The average molecular weight is 306 g/mol. The van der Waals surface area contributed by atoms with Gasteiger partial charge in [-0.1, -0.05) is 24.3 Å². The number of carbonyl (C=O) groups excluding carboxylic acids is 1. The summed E-state index contributed by atoms with van der Waals surface area (Å²) in [7, 11) is 1.41. The van der Waals surface area contributed by atoms with Crippen molar-refractivity contribution in [2.45, 2.75) is 13.0 Å². The van der Waals surface area contributed by atoms with Gasteiger partial charge in [0.25, 0.3) is 0 Å². The van der Waals surface area contributed by atoms with Crippen LogP contribution in [0.3, 0.4) is 0 Å². The van der Waals surface area contributed by atoms with Crippen LogP contribution in [0.15, 0.2) is 34.8 Å². The van der Waals surface area contributed by atoms with Crippen LogP contribution in [-0.2, 0) is 17.7 Å². The van der Waals surface area contributed by atoms with E-state index < -0.39 is 0 Å². The predicted molar refractivity (Wildman–Crippen MR) is 72.6 cm³/mol. The number of ether oxygens (including phenoxy) is 1. The van der Waals surface area contributed by atoms with E-state index in [4.69, 9.17) is 4.74 Å². The van der Waals surface area contributed by atoms with Gasteiger partial charge in [0.1, 0.15) is 5.69 Å². The van der Waals surface area contributed by atoms with Crippen LogP contribution in [0.1, 0.15) is 16.1 Å². The maximum Gasteiger partial charge on any atom is 0.354 e. The minimum absolute atomic E-state index is 0.290. The van der Waals surface area contributed by atoms with Crippen LogP contribution in [0.2, 0.25) is 0 Å². The number of rotatable bonds is 1. The summed E-state index contributed by atoms with van der Waals surface area (Å²) in [6.07, 6.45) is 0.939. The molecule has 0 unspecified atom stereocenters. The molecule has 2 aromatic rings. The molecule has 3 nitrogen and oxygen atoms in total. The number of aryl methyl sites for hydroxylation is 1. The number of hydrogen-bond acceptors (Lipinski definition) is 2. The number of esters is 1. The third-order valence-electron chi connectivity index (χ3n) is 3.32. The molecule has 1 aliphatic rings. The smallest absolute Gasteiger partial charge is 0.354 e. The molecule has 3 rings (SSSR count). The monoisotopic (exact) mass is 305 g/mol. The Bertz CT molecular complexity index is 631. The van der Waals surface area contributed by atoms with Crippen molar-refractivity contribution >= 4 is 21.9 Å². The molecule has 0 N–H and O–H groups in total. The Morgan fingerprint density at radius 2 is 2.17 bits per heavy atom. The first-order valence-corrected chi connectivity index (χ1v) is 6.57. The lowest BCUT2D eigenvalue weighted by Crippen LogP contribution is -2.16. The van der Waals surface area contributed by atoms with Crippen LogP contribution in [0.4, 0.5) is 0 Å². The van der Waals surface area contributed by atoms with Crippen molar-refractivity contribution in [2.75, 3.05) is 7.11 Å². The first-order chi connectivity index (χ1) is 8.72. The second-order valence-electron chi connectivity index (χ2n) is 4.28. The fourth-order valence-electron chi connectivity index (χ4n) is 2.50. The number of hydrogen-bond donors (Lipinski definition) is 0. The number of halogens is 1.